The lowest BCUT2D eigenvalue weighted by atomic mass is 9.80. The number of cyclic esters (lactones) is 1. The van der Waals surface area contributed by atoms with Gasteiger partial charge in [-0.1, -0.05) is 36.4 Å². The van der Waals surface area contributed by atoms with E-state index >= 15 is 0 Å². The molecule has 1 aliphatic heterocycles. The lowest BCUT2D eigenvalue weighted by molar-refractivity contribution is -0.268. The third-order valence-corrected chi connectivity index (χ3v) is 4.63. The van der Waals surface area contributed by atoms with Crippen molar-refractivity contribution in [2.45, 2.75) is 24.1 Å². The Morgan fingerprint density at radius 3 is 2.43 bits per heavy atom. The van der Waals surface area contributed by atoms with E-state index in [2.05, 4.69) is 0 Å². The summed E-state index contributed by atoms with van der Waals surface area (Å²) in [5.74, 6) is -1.89. The van der Waals surface area contributed by atoms with Crippen LogP contribution < -0.4 is 0 Å². The number of hydrogen-bond donors (Lipinski definition) is 0. The average molecular weight is 312 g/mol. The summed E-state index contributed by atoms with van der Waals surface area (Å²) in [4.78, 5) is 11.7. The van der Waals surface area contributed by atoms with Gasteiger partial charge in [-0.3, -0.25) is 4.79 Å². The summed E-state index contributed by atoms with van der Waals surface area (Å²) in [5, 5.41) is 1.55. The van der Waals surface area contributed by atoms with E-state index in [0.29, 0.717) is 5.56 Å². The maximum atomic E-state index is 13.8. The van der Waals surface area contributed by atoms with Crippen molar-refractivity contribution in [2.75, 3.05) is 0 Å². The first-order valence-corrected chi connectivity index (χ1v) is 7.20. The molecule has 0 N–H and O–H groups in total. The molecule has 0 amide bonds. The Bertz CT molecular complexity index is 637. The molecule has 110 valence electrons. The molecule has 1 saturated heterocycles. The molecule has 0 bridgehead atoms. The second-order valence-corrected chi connectivity index (χ2v) is 5.80. The standard InChI is InChI=1S/C15H11F3O2S/c16-15(17,18)14(12-7-4-8-21-12)11(9-13(19)20-14)10-5-2-1-3-6-10/h1-8,11H,9H2. The van der Waals surface area contributed by atoms with Crippen molar-refractivity contribution in [3.63, 3.8) is 0 Å². The van der Waals surface area contributed by atoms with Gasteiger partial charge in [-0.25, -0.2) is 0 Å². The average Bonchev–Trinajstić information content (AvgIpc) is 3.06. The minimum atomic E-state index is -4.68. The van der Waals surface area contributed by atoms with E-state index in [-0.39, 0.29) is 11.3 Å². The number of halogens is 3. The van der Waals surface area contributed by atoms with E-state index in [9.17, 15) is 18.0 Å². The molecule has 1 aliphatic rings. The molecule has 21 heavy (non-hydrogen) atoms. The lowest BCUT2D eigenvalue weighted by Crippen LogP contribution is -2.45. The van der Waals surface area contributed by atoms with E-state index in [1.807, 2.05) is 0 Å². The van der Waals surface area contributed by atoms with Gasteiger partial charge in [0.2, 0.25) is 5.60 Å². The highest BCUT2D eigenvalue weighted by molar-refractivity contribution is 7.10. The van der Waals surface area contributed by atoms with Gasteiger partial charge in [0.05, 0.1) is 11.3 Å². The van der Waals surface area contributed by atoms with Crippen LogP contribution in [0.15, 0.2) is 47.8 Å². The van der Waals surface area contributed by atoms with Crippen molar-refractivity contribution in [1.29, 1.82) is 0 Å². The molecule has 2 atom stereocenters. The van der Waals surface area contributed by atoms with Crippen molar-refractivity contribution in [3.05, 3.63) is 58.3 Å². The van der Waals surface area contributed by atoms with E-state index in [0.717, 1.165) is 11.3 Å². The minimum absolute atomic E-state index is 0.00898. The molecule has 0 saturated carbocycles. The summed E-state index contributed by atoms with van der Waals surface area (Å²) >= 11 is 0.949. The first-order chi connectivity index (χ1) is 9.95. The van der Waals surface area contributed by atoms with Gasteiger partial charge < -0.3 is 4.74 Å². The first-order valence-electron chi connectivity index (χ1n) is 6.32. The Morgan fingerprint density at radius 2 is 1.86 bits per heavy atom. The van der Waals surface area contributed by atoms with E-state index in [1.54, 1.807) is 35.7 Å². The second kappa shape index (κ2) is 4.87. The minimum Gasteiger partial charge on any atom is -0.443 e. The van der Waals surface area contributed by atoms with Crippen molar-refractivity contribution >= 4 is 17.3 Å². The molecule has 1 aromatic carbocycles. The number of carbonyl (C=O) groups is 1. The Balaban J connectivity index is 2.20. The molecular weight excluding hydrogens is 301 g/mol. The highest BCUT2D eigenvalue weighted by Gasteiger charge is 2.68. The summed E-state index contributed by atoms with van der Waals surface area (Å²) in [7, 11) is 0. The van der Waals surface area contributed by atoms with E-state index in [4.69, 9.17) is 4.74 Å². The van der Waals surface area contributed by atoms with Crippen molar-refractivity contribution < 1.29 is 22.7 Å². The summed E-state index contributed by atoms with van der Waals surface area (Å²) in [6.45, 7) is 0. The van der Waals surface area contributed by atoms with Crippen LogP contribution >= 0.6 is 11.3 Å². The fourth-order valence-corrected chi connectivity index (χ4v) is 3.68. The topological polar surface area (TPSA) is 26.3 Å². The molecule has 0 aliphatic carbocycles. The normalized spacial score (nSPS) is 25.9. The van der Waals surface area contributed by atoms with E-state index in [1.165, 1.54) is 12.1 Å². The van der Waals surface area contributed by atoms with Crippen LogP contribution in [0.2, 0.25) is 0 Å². The highest BCUT2D eigenvalue weighted by atomic mass is 32.1. The number of carbonyl (C=O) groups excluding carboxylic acids is 1. The third kappa shape index (κ3) is 2.14. The van der Waals surface area contributed by atoms with Gasteiger partial charge in [-0.15, -0.1) is 11.3 Å². The zero-order valence-electron chi connectivity index (χ0n) is 10.8. The van der Waals surface area contributed by atoms with Gasteiger partial charge in [-0.2, -0.15) is 13.2 Å². The maximum absolute atomic E-state index is 13.8. The summed E-state index contributed by atoms with van der Waals surface area (Å²) in [6, 6.07) is 11.1. The Labute approximate surface area is 123 Å². The van der Waals surface area contributed by atoms with Crippen molar-refractivity contribution in [3.8, 4) is 0 Å². The van der Waals surface area contributed by atoms with Gasteiger partial charge in [0, 0.05) is 5.92 Å². The molecule has 2 heterocycles. The quantitative estimate of drug-likeness (QED) is 0.776. The Hall–Kier alpha value is -1.82. The van der Waals surface area contributed by atoms with Crippen LogP contribution in [0.5, 0.6) is 0 Å². The molecule has 1 aromatic heterocycles. The summed E-state index contributed by atoms with van der Waals surface area (Å²) < 4.78 is 46.3. The van der Waals surface area contributed by atoms with Crippen molar-refractivity contribution in [2.24, 2.45) is 0 Å². The predicted molar refractivity (Wildman–Crippen MR) is 71.9 cm³/mol. The molecule has 3 rings (SSSR count). The zero-order chi connectivity index (χ0) is 15.1. The maximum Gasteiger partial charge on any atom is 0.434 e. The van der Waals surface area contributed by atoms with Gasteiger partial charge in [0.15, 0.2) is 0 Å². The predicted octanol–water partition coefficient (Wildman–Crippen LogP) is 4.24. The largest absolute Gasteiger partial charge is 0.443 e. The second-order valence-electron chi connectivity index (χ2n) is 4.85. The molecular formula is C15H11F3O2S. The molecule has 2 unspecified atom stereocenters. The van der Waals surface area contributed by atoms with Crippen LogP contribution in [0.1, 0.15) is 22.8 Å². The van der Waals surface area contributed by atoms with Gasteiger partial charge in [-0.05, 0) is 17.0 Å². The van der Waals surface area contributed by atoms with Gasteiger partial charge in [0.1, 0.15) is 0 Å². The molecule has 0 radical (unpaired) electrons. The number of benzene rings is 1. The third-order valence-electron chi connectivity index (χ3n) is 3.65. The fourth-order valence-electron chi connectivity index (χ4n) is 2.75. The lowest BCUT2D eigenvalue weighted by Gasteiger charge is -2.34. The van der Waals surface area contributed by atoms with Crippen molar-refractivity contribution in [1.82, 2.24) is 0 Å². The number of rotatable bonds is 2. The van der Waals surface area contributed by atoms with Crippen LogP contribution in [0.3, 0.4) is 0 Å². The van der Waals surface area contributed by atoms with Gasteiger partial charge >= 0.3 is 12.1 Å². The van der Waals surface area contributed by atoms with Crippen LogP contribution in [0.4, 0.5) is 13.2 Å². The van der Waals surface area contributed by atoms with E-state index < -0.39 is 23.7 Å². The van der Waals surface area contributed by atoms with Crippen LogP contribution in [-0.4, -0.2) is 12.1 Å². The molecule has 0 spiro atoms. The van der Waals surface area contributed by atoms with Gasteiger partial charge in [0.25, 0.3) is 0 Å². The molecule has 6 heteroatoms. The number of ether oxygens (including phenoxy) is 1. The number of esters is 1. The number of thiophene rings is 1. The van der Waals surface area contributed by atoms with Crippen LogP contribution in [-0.2, 0) is 15.1 Å². The summed E-state index contributed by atoms with van der Waals surface area (Å²) in [6.07, 6.45) is -4.95. The highest BCUT2D eigenvalue weighted by Crippen LogP contribution is 2.57. The first kappa shape index (κ1) is 14.1. The molecule has 2 nitrogen and oxygen atoms in total. The zero-order valence-corrected chi connectivity index (χ0v) is 11.6. The fraction of sp³-hybridized carbons (Fsp3) is 0.267. The van der Waals surface area contributed by atoms with Crippen LogP contribution in [0, 0.1) is 0 Å². The smallest absolute Gasteiger partial charge is 0.434 e. The Morgan fingerprint density at radius 1 is 1.14 bits per heavy atom. The molecule has 2 aromatic rings. The number of hydrogen-bond acceptors (Lipinski definition) is 3. The van der Waals surface area contributed by atoms with Crippen LogP contribution in [0.25, 0.3) is 0 Å². The SMILES string of the molecule is O=C1CC(c2ccccc2)C(c2cccs2)(C(F)(F)F)O1. The Kier molecular flexibility index (Phi) is 3.28. The number of alkyl halides is 3. The summed E-state index contributed by atoms with van der Waals surface area (Å²) in [5.41, 5.74) is -2.13. The molecule has 1 fully saturated rings. The monoisotopic (exact) mass is 312 g/mol.